The third-order valence-electron chi connectivity index (χ3n) is 2.52. The van der Waals surface area contributed by atoms with Crippen LogP contribution in [0.2, 0.25) is 0 Å². The fraction of sp³-hybridized carbons (Fsp3) is 0.364. The number of carbonyl (C=O) groups excluding carboxylic acids is 1. The van der Waals surface area contributed by atoms with Crippen molar-refractivity contribution in [3.05, 3.63) is 28.2 Å². The molecule has 1 aromatic rings. The number of methoxy groups -OCH3 is 1. The molecule has 1 aliphatic heterocycles. The predicted octanol–water partition coefficient (Wildman–Crippen LogP) is 1.16. The second-order valence-corrected chi connectivity index (χ2v) is 4.59. The molecule has 4 nitrogen and oxygen atoms in total. The topological polar surface area (TPSA) is 50.4 Å². The summed E-state index contributed by atoms with van der Waals surface area (Å²) in [7, 11) is 1.56. The van der Waals surface area contributed by atoms with Gasteiger partial charge in [-0.1, -0.05) is 15.9 Å². The van der Waals surface area contributed by atoms with Crippen molar-refractivity contribution in [3.63, 3.8) is 0 Å². The molecule has 2 N–H and O–H groups in total. The van der Waals surface area contributed by atoms with E-state index < -0.39 is 0 Å². The lowest BCUT2D eigenvalue weighted by atomic mass is 10.1. The Morgan fingerprint density at radius 2 is 2.31 bits per heavy atom. The highest BCUT2D eigenvalue weighted by Gasteiger charge is 2.21. The van der Waals surface area contributed by atoms with Crippen LogP contribution in [-0.4, -0.2) is 32.1 Å². The first-order valence-corrected chi connectivity index (χ1v) is 5.85. The quantitative estimate of drug-likeness (QED) is 0.876. The number of carbonyl (C=O) groups is 1. The van der Waals surface area contributed by atoms with Gasteiger partial charge in [-0.05, 0) is 18.2 Å². The lowest BCUT2D eigenvalue weighted by Gasteiger charge is -2.28. The molecule has 1 amide bonds. The van der Waals surface area contributed by atoms with Crippen LogP contribution in [0.25, 0.3) is 0 Å². The van der Waals surface area contributed by atoms with E-state index in [1.165, 1.54) is 0 Å². The summed E-state index contributed by atoms with van der Waals surface area (Å²) in [4.78, 5) is 11.9. The van der Waals surface area contributed by atoms with Crippen molar-refractivity contribution in [2.45, 2.75) is 6.04 Å². The maximum Gasteiger partial charge on any atom is 0.255 e. The summed E-state index contributed by atoms with van der Waals surface area (Å²) < 4.78 is 6.07. The summed E-state index contributed by atoms with van der Waals surface area (Å²) in [5, 5.41) is 6.03. The first kappa shape index (κ1) is 11.4. The molecule has 0 spiro atoms. The maximum atomic E-state index is 11.9. The molecular weight excluding hydrogens is 272 g/mol. The summed E-state index contributed by atoms with van der Waals surface area (Å²) >= 11 is 3.34. The minimum atomic E-state index is -0.0872. The van der Waals surface area contributed by atoms with Gasteiger partial charge in [-0.15, -0.1) is 0 Å². The number of halogens is 1. The van der Waals surface area contributed by atoms with Gasteiger partial charge in [-0.2, -0.15) is 0 Å². The van der Waals surface area contributed by atoms with Crippen molar-refractivity contribution in [1.29, 1.82) is 0 Å². The average molecular weight is 285 g/mol. The molecule has 1 heterocycles. The SMILES string of the molecule is COc1cc(Br)ccc1C(=O)NC1CNC1. The van der Waals surface area contributed by atoms with Crippen molar-refractivity contribution in [3.8, 4) is 5.75 Å². The average Bonchev–Trinajstić information content (AvgIpc) is 2.23. The van der Waals surface area contributed by atoms with E-state index in [-0.39, 0.29) is 11.9 Å². The van der Waals surface area contributed by atoms with Gasteiger partial charge >= 0.3 is 0 Å². The molecule has 1 fully saturated rings. The highest BCUT2D eigenvalue weighted by atomic mass is 79.9. The number of hydrogen-bond acceptors (Lipinski definition) is 3. The van der Waals surface area contributed by atoms with Gasteiger partial charge in [-0.25, -0.2) is 0 Å². The molecule has 0 saturated carbocycles. The number of nitrogens with one attached hydrogen (secondary N) is 2. The summed E-state index contributed by atoms with van der Waals surface area (Å²) in [6.07, 6.45) is 0. The Balaban J connectivity index is 2.14. The van der Waals surface area contributed by atoms with Crippen molar-refractivity contribution in [1.82, 2.24) is 10.6 Å². The largest absolute Gasteiger partial charge is 0.496 e. The summed E-state index contributed by atoms with van der Waals surface area (Å²) in [5.74, 6) is 0.495. The van der Waals surface area contributed by atoms with Gasteiger partial charge in [0, 0.05) is 17.6 Å². The minimum Gasteiger partial charge on any atom is -0.496 e. The lowest BCUT2D eigenvalue weighted by molar-refractivity contribution is 0.0921. The first-order chi connectivity index (χ1) is 7.70. The fourth-order valence-corrected chi connectivity index (χ4v) is 1.85. The minimum absolute atomic E-state index is 0.0872. The van der Waals surface area contributed by atoms with Crippen LogP contribution in [0.3, 0.4) is 0 Å². The van der Waals surface area contributed by atoms with Crippen LogP contribution < -0.4 is 15.4 Å². The maximum absolute atomic E-state index is 11.9. The van der Waals surface area contributed by atoms with Crippen LogP contribution in [0.15, 0.2) is 22.7 Å². The number of rotatable bonds is 3. The van der Waals surface area contributed by atoms with E-state index in [1.54, 1.807) is 19.2 Å². The molecule has 1 aliphatic rings. The number of benzene rings is 1. The number of hydrogen-bond donors (Lipinski definition) is 2. The van der Waals surface area contributed by atoms with E-state index >= 15 is 0 Å². The zero-order chi connectivity index (χ0) is 11.5. The van der Waals surface area contributed by atoms with Gasteiger partial charge in [0.25, 0.3) is 5.91 Å². The lowest BCUT2D eigenvalue weighted by Crippen LogP contribution is -2.56. The van der Waals surface area contributed by atoms with Gasteiger partial charge in [-0.3, -0.25) is 4.79 Å². The van der Waals surface area contributed by atoms with Gasteiger partial charge in [0.2, 0.25) is 0 Å². The van der Waals surface area contributed by atoms with Crippen LogP contribution >= 0.6 is 15.9 Å². The van der Waals surface area contributed by atoms with Crippen molar-refractivity contribution >= 4 is 21.8 Å². The van der Waals surface area contributed by atoms with Crippen LogP contribution in [0.4, 0.5) is 0 Å². The molecule has 86 valence electrons. The monoisotopic (exact) mass is 284 g/mol. The molecule has 0 aliphatic carbocycles. The highest BCUT2D eigenvalue weighted by molar-refractivity contribution is 9.10. The Morgan fingerprint density at radius 1 is 1.56 bits per heavy atom. The third kappa shape index (κ3) is 2.36. The Labute approximate surface area is 102 Å². The normalized spacial score (nSPS) is 15.4. The van der Waals surface area contributed by atoms with Crippen molar-refractivity contribution < 1.29 is 9.53 Å². The number of ether oxygens (including phenoxy) is 1. The Morgan fingerprint density at radius 3 is 2.88 bits per heavy atom. The van der Waals surface area contributed by atoms with E-state index in [1.807, 2.05) is 6.07 Å². The van der Waals surface area contributed by atoms with Crippen LogP contribution in [0, 0.1) is 0 Å². The third-order valence-corrected chi connectivity index (χ3v) is 3.02. The Hall–Kier alpha value is -1.07. The van der Waals surface area contributed by atoms with E-state index in [0.717, 1.165) is 17.6 Å². The van der Waals surface area contributed by atoms with Gasteiger partial charge < -0.3 is 15.4 Å². The molecule has 16 heavy (non-hydrogen) atoms. The van der Waals surface area contributed by atoms with E-state index in [4.69, 9.17) is 4.74 Å². The van der Waals surface area contributed by atoms with Gasteiger partial charge in [0.05, 0.1) is 18.7 Å². The second-order valence-electron chi connectivity index (χ2n) is 3.67. The molecule has 1 saturated heterocycles. The molecule has 0 bridgehead atoms. The smallest absolute Gasteiger partial charge is 0.255 e. The summed E-state index contributed by atoms with van der Waals surface area (Å²) in [6, 6.07) is 5.61. The Kier molecular flexibility index (Phi) is 3.46. The summed E-state index contributed by atoms with van der Waals surface area (Å²) in [5.41, 5.74) is 0.567. The van der Waals surface area contributed by atoms with Gasteiger partial charge in [0.15, 0.2) is 0 Å². The molecule has 5 heteroatoms. The highest BCUT2D eigenvalue weighted by Crippen LogP contribution is 2.23. The van der Waals surface area contributed by atoms with Crippen LogP contribution in [-0.2, 0) is 0 Å². The predicted molar refractivity (Wildman–Crippen MR) is 64.8 cm³/mol. The summed E-state index contributed by atoms with van der Waals surface area (Å²) in [6.45, 7) is 1.68. The first-order valence-electron chi connectivity index (χ1n) is 5.06. The molecule has 1 aromatic carbocycles. The van der Waals surface area contributed by atoms with E-state index in [9.17, 15) is 4.79 Å². The molecule has 0 radical (unpaired) electrons. The molecule has 0 unspecified atom stereocenters. The second kappa shape index (κ2) is 4.84. The molecule has 0 atom stereocenters. The van der Waals surface area contributed by atoms with E-state index in [2.05, 4.69) is 26.6 Å². The fourth-order valence-electron chi connectivity index (χ4n) is 1.51. The molecule has 2 rings (SSSR count). The van der Waals surface area contributed by atoms with Crippen molar-refractivity contribution in [2.75, 3.05) is 20.2 Å². The van der Waals surface area contributed by atoms with Crippen LogP contribution in [0.5, 0.6) is 5.75 Å². The standard InChI is InChI=1S/C11H13BrN2O2/c1-16-10-4-7(12)2-3-9(10)11(15)14-8-5-13-6-8/h2-4,8,13H,5-6H2,1H3,(H,14,15). The van der Waals surface area contributed by atoms with E-state index in [0.29, 0.717) is 11.3 Å². The van der Waals surface area contributed by atoms with Gasteiger partial charge in [0.1, 0.15) is 5.75 Å². The molecular formula is C11H13BrN2O2. The van der Waals surface area contributed by atoms with Crippen LogP contribution in [0.1, 0.15) is 10.4 Å². The zero-order valence-electron chi connectivity index (χ0n) is 8.92. The Bertz CT molecular complexity index is 405. The van der Waals surface area contributed by atoms with Crippen molar-refractivity contribution in [2.24, 2.45) is 0 Å². The molecule has 0 aromatic heterocycles. The number of amides is 1. The zero-order valence-corrected chi connectivity index (χ0v) is 10.5.